The van der Waals surface area contributed by atoms with Crippen LogP contribution in [-0.4, -0.2) is 51.0 Å². The quantitative estimate of drug-likeness (QED) is 0.656. The molecule has 0 saturated carbocycles. The lowest BCUT2D eigenvalue weighted by molar-refractivity contribution is 0.0692. The van der Waals surface area contributed by atoms with Gasteiger partial charge in [-0.3, -0.25) is 4.98 Å². The van der Waals surface area contributed by atoms with Crippen LogP contribution in [0, 0.1) is 0 Å². The van der Waals surface area contributed by atoms with Crippen LogP contribution in [-0.2, 0) is 0 Å². The van der Waals surface area contributed by atoms with Crippen molar-refractivity contribution in [3.05, 3.63) is 48.4 Å². The summed E-state index contributed by atoms with van der Waals surface area (Å²) in [5.41, 5.74) is 2.00. The molecule has 0 unspecified atom stereocenters. The highest BCUT2D eigenvalue weighted by Crippen LogP contribution is 2.26. The van der Waals surface area contributed by atoms with Gasteiger partial charge in [0.1, 0.15) is 0 Å². The molecule has 3 N–H and O–H groups in total. The number of piperidine rings is 1. The number of pyridine rings is 1. The molecule has 4 rings (SSSR count). The van der Waals surface area contributed by atoms with E-state index in [0.717, 1.165) is 41.7 Å². The van der Waals surface area contributed by atoms with Crippen molar-refractivity contribution in [3.8, 4) is 11.1 Å². The number of carbonyl (C=O) groups excluding carboxylic acids is 1. The lowest BCUT2D eigenvalue weighted by Gasteiger charge is -2.23. The molecule has 1 aliphatic heterocycles. The van der Waals surface area contributed by atoms with Crippen molar-refractivity contribution in [2.75, 3.05) is 13.1 Å². The van der Waals surface area contributed by atoms with Gasteiger partial charge in [0, 0.05) is 29.4 Å². The highest BCUT2D eigenvalue weighted by atomic mass is 16.4. The van der Waals surface area contributed by atoms with Gasteiger partial charge in [0.15, 0.2) is 5.69 Å². The molecule has 3 aromatic rings. The second-order valence-electron chi connectivity index (χ2n) is 6.51. The molecule has 3 heterocycles. The molecule has 0 spiro atoms. The molecule has 1 amide bonds. The minimum Gasteiger partial charge on any atom is -0.476 e. The van der Waals surface area contributed by atoms with Crippen LogP contribution in [0.5, 0.6) is 0 Å². The zero-order valence-corrected chi connectivity index (χ0v) is 14.6. The van der Waals surface area contributed by atoms with Crippen molar-refractivity contribution in [1.82, 2.24) is 25.4 Å². The van der Waals surface area contributed by atoms with Gasteiger partial charge >= 0.3 is 12.0 Å². The monoisotopic (exact) mass is 365 g/mol. The van der Waals surface area contributed by atoms with Crippen LogP contribution in [0.3, 0.4) is 0 Å². The lowest BCUT2D eigenvalue weighted by atomic mass is 10.0. The molecular weight excluding hydrogens is 346 g/mol. The summed E-state index contributed by atoms with van der Waals surface area (Å²) in [4.78, 5) is 28.4. The van der Waals surface area contributed by atoms with E-state index >= 15 is 0 Å². The summed E-state index contributed by atoms with van der Waals surface area (Å²) < 4.78 is 1.15. The van der Waals surface area contributed by atoms with E-state index in [1.54, 1.807) is 24.5 Å². The molecule has 8 heteroatoms. The van der Waals surface area contributed by atoms with E-state index in [9.17, 15) is 14.7 Å². The fraction of sp³-hybridized carbons (Fsp3) is 0.263. The molecule has 0 aliphatic carbocycles. The average molecular weight is 365 g/mol. The summed E-state index contributed by atoms with van der Waals surface area (Å²) in [6.45, 7) is 1.69. The number of nitrogens with one attached hydrogen (secondary N) is 2. The fourth-order valence-corrected chi connectivity index (χ4v) is 3.35. The van der Waals surface area contributed by atoms with Crippen molar-refractivity contribution in [3.63, 3.8) is 0 Å². The van der Waals surface area contributed by atoms with Gasteiger partial charge in [0.05, 0.1) is 5.52 Å². The van der Waals surface area contributed by atoms with E-state index in [4.69, 9.17) is 0 Å². The molecule has 8 nitrogen and oxygen atoms in total. The Morgan fingerprint density at radius 3 is 2.70 bits per heavy atom. The molecule has 2 aromatic heterocycles. The number of carboxylic acid groups (broad SMARTS) is 1. The number of benzene rings is 1. The predicted molar refractivity (Wildman–Crippen MR) is 99.7 cm³/mol. The zero-order chi connectivity index (χ0) is 18.8. The second-order valence-corrected chi connectivity index (χ2v) is 6.51. The largest absolute Gasteiger partial charge is 0.476 e. The number of carbonyl (C=O) groups is 2. The molecule has 27 heavy (non-hydrogen) atoms. The fourth-order valence-electron chi connectivity index (χ4n) is 3.35. The number of hydrogen-bond donors (Lipinski definition) is 3. The van der Waals surface area contributed by atoms with Gasteiger partial charge < -0.3 is 15.7 Å². The van der Waals surface area contributed by atoms with Crippen LogP contribution in [0.2, 0.25) is 0 Å². The number of carboxylic acids is 1. The number of amides is 1. The Kier molecular flexibility index (Phi) is 4.55. The van der Waals surface area contributed by atoms with Gasteiger partial charge in [-0.2, -0.15) is 9.78 Å². The molecule has 1 fully saturated rings. The first-order valence-corrected chi connectivity index (χ1v) is 8.81. The van der Waals surface area contributed by atoms with Crippen LogP contribution in [0.25, 0.3) is 22.0 Å². The summed E-state index contributed by atoms with van der Waals surface area (Å²) in [5, 5.41) is 20.2. The Labute approximate surface area is 155 Å². The third kappa shape index (κ3) is 3.39. The first kappa shape index (κ1) is 17.2. The highest BCUT2D eigenvalue weighted by Gasteiger charge is 2.23. The Hall–Kier alpha value is -3.26. The van der Waals surface area contributed by atoms with Gasteiger partial charge in [0.2, 0.25) is 0 Å². The van der Waals surface area contributed by atoms with E-state index in [-0.39, 0.29) is 11.7 Å². The summed E-state index contributed by atoms with van der Waals surface area (Å²) in [5.74, 6) is -1.17. The van der Waals surface area contributed by atoms with Gasteiger partial charge in [-0.05, 0) is 49.7 Å². The van der Waals surface area contributed by atoms with E-state index < -0.39 is 12.0 Å². The predicted octanol–water partition coefficient (Wildman–Crippen LogP) is 2.11. The molecule has 1 saturated heterocycles. The van der Waals surface area contributed by atoms with E-state index in [1.807, 2.05) is 18.2 Å². The number of hydrogen-bond acceptors (Lipinski definition) is 5. The standard InChI is InChI=1S/C19H19N5O3/c25-18(26)17-15-10-12(13-2-1-7-21-11-13)3-4-16(15)24(23-17)19(27)22-14-5-8-20-9-6-14/h1-4,7,10-11,14,20H,5-6,8-9H2,(H,22,27)(H,25,26). The van der Waals surface area contributed by atoms with E-state index in [2.05, 4.69) is 20.7 Å². The third-order valence-electron chi connectivity index (χ3n) is 4.74. The first-order valence-electron chi connectivity index (χ1n) is 8.81. The molecule has 0 radical (unpaired) electrons. The number of nitrogens with zero attached hydrogens (tertiary/aromatic N) is 3. The summed E-state index contributed by atoms with van der Waals surface area (Å²) >= 11 is 0. The maximum atomic E-state index is 12.7. The van der Waals surface area contributed by atoms with Gasteiger partial charge in [-0.1, -0.05) is 12.1 Å². The Morgan fingerprint density at radius 2 is 2.00 bits per heavy atom. The molecule has 1 aliphatic rings. The van der Waals surface area contributed by atoms with Crippen molar-refractivity contribution < 1.29 is 14.7 Å². The van der Waals surface area contributed by atoms with Gasteiger partial charge in [-0.15, -0.1) is 0 Å². The van der Waals surface area contributed by atoms with Crippen LogP contribution in [0.15, 0.2) is 42.7 Å². The minimum absolute atomic E-state index is 0.0564. The number of fused-ring (bicyclic) bond motifs is 1. The van der Waals surface area contributed by atoms with Gasteiger partial charge in [-0.25, -0.2) is 9.59 Å². The molecular formula is C19H19N5O3. The zero-order valence-electron chi connectivity index (χ0n) is 14.6. The molecule has 0 bridgehead atoms. The lowest BCUT2D eigenvalue weighted by Crippen LogP contribution is -2.44. The average Bonchev–Trinajstić information content (AvgIpc) is 3.09. The summed E-state index contributed by atoms with van der Waals surface area (Å²) in [6, 6.07) is 8.64. The van der Waals surface area contributed by atoms with Gasteiger partial charge in [0.25, 0.3) is 0 Å². The maximum Gasteiger partial charge on any atom is 0.357 e. The Morgan fingerprint density at radius 1 is 1.19 bits per heavy atom. The Balaban J connectivity index is 1.73. The van der Waals surface area contributed by atoms with Crippen LogP contribution in [0.4, 0.5) is 4.79 Å². The van der Waals surface area contributed by atoms with Crippen molar-refractivity contribution in [2.45, 2.75) is 18.9 Å². The number of rotatable bonds is 3. The molecule has 138 valence electrons. The van der Waals surface area contributed by atoms with Crippen LogP contribution < -0.4 is 10.6 Å². The van der Waals surface area contributed by atoms with Crippen molar-refractivity contribution >= 4 is 22.9 Å². The summed E-state index contributed by atoms with van der Waals surface area (Å²) in [7, 11) is 0. The molecule has 1 aromatic carbocycles. The van der Waals surface area contributed by atoms with E-state index in [1.165, 1.54) is 0 Å². The minimum atomic E-state index is -1.17. The maximum absolute atomic E-state index is 12.7. The van der Waals surface area contributed by atoms with Crippen molar-refractivity contribution in [1.29, 1.82) is 0 Å². The smallest absolute Gasteiger partial charge is 0.357 e. The highest BCUT2D eigenvalue weighted by molar-refractivity contribution is 6.05. The molecule has 0 atom stereocenters. The van der Waals surface area contributed by atoms with Crippen LogP contribution >= 0.6 is 0 Å². The topological polar surface area (TPSA) is 109 Å². The number of aromatic nitrogens is 3. The summed E-state index contributed by atoms with van der Waals surface area (Å²) in [6.07, 6.45) is 5.05. The Bertz CT molecular complexity index is 993. The van der Waals surface area contributed by atoms with Crippen molar-refractivity contribution in [2.24, 2.45) is 0 Å². The normalized spacial score (nSPS) is 15.0. The number of aromatic carboxylic acids is 1. The SMILES string of the molecule is O=C(O)c1nn(C(=O)NC2CCNCC2)c2ccc(-c3cccnc3)cc12. The van der Waals surface area contributed by atoms with Crippen LogP contribution in [0.1, 0.15) is 23.3 Å². The third-order valence-corrected chi connectivity index (χ3v) is 4.74. The van der Waals surface area contributed by atoms with E-state index in [0.29, 0.717) is 10.9 Å². The second kappa shape index (κ2) is 7.16. The first-order chi connectivity index (χ1) is 13.1.